The highest BCUT2D eigenvalue weighted by atomic mass is 35.5. The van der Waals surface area contributed by atoms with E-state index >= 15 is 0 Å². The zero-order valence-electron chi connectivity index (χ0n) is 14.0. The van der Waals surface area contributed by atoms with Crippen LogP contribution < -0.4 is 9.62 Å². The molecule has 1 saturated heterocycles. The van der Waals surface area contributed by atoms with Crippen LogP contribution in [0.5, 0.6) is 0 Å². The van der Waals surface area contributed by atoms with Crippen LogP contribution in [0.25, 0.3) is 0 Å². The lowest BCUT2D eigenvalue weighted by Crippen LogP contribution is -2.30. The zero-order valence-corrected chi connectivity index (χ0v) is 15.6. The number of anilines is 2. The van der Waals surface area contributed by atoms with Crippen LogP contribution in [0.3, 0.4) is 0 Å². The Labute approximate surface area is 156 Å². The fraction of sp³-hybridized carbons (Fsp3) is 0.222. The van der Waals surface area contributed by atoms with E-state index in [0.29, 0.717) is 9.99 Å². The maximum atomic E-state index is 12.6. The summed E-state index contributed by atoms with van der Waals surface area (Å²) in [6, 6.07) is 11.6. The molecule has 0 unspecified atom stereocenters. The standard InChI is InChI=1S/C18H17ClN2O4S/c1-2-12-5-3-4-6-15(12)20-18(23)13-7-8-14(19)16(11-13)21-17(22)9-10-26(21,24)25/h3-8,11H,2,9-10H2,1H3,(H,20,23). The molecule has 2 aromatic rings. The summed E-state index contributed by atoms with van der Waals surface area (Å²) in [6.45, 7) is 1.98. The Balaban J connectivity index is 1.95. The van der Waals surface area contributed by atoms with Crippen LogP contribution in [0.4, 0.5) is 11.4 Å². The first-order chi connectivity index (χ1) is 12.3. The van der Waals surface area contributed by atoms with Gasteiger partial charge in [0.1, 0.15) is 0 Å². The number of carbonyl (C=O) groups excluding carboxylic acids is 2. The van der Waals surface area contributed by atoms with Gasteiger partial charge in [-0.15, -0.1) is 0 Å². The molecule has 1 fully saturated rings. The van der Waals surface area contributed by atoms with Gasteiger partial charge in [-0.25, -0.2) is 12.7 Å². The average Bonchev–Trinajstić information content (AvgIpc) is 2.89. The Morgan fingerprint density at radius 2 is 1.96 bits per heavy atom. The second-order valence-electron chi connectivity index (χ2n) is 5.86. The number of halogens is 1. The molecule has 1 aliphatic heterocycles. The van der Waals surface area contributed by atoms with Crippen molar-refractivity contribution in [2.45, 2.75) is 19.8 Å². The summed E-state index contributed by atoms with van der Waals surface area (Å²) in [6.07, 6.45) is 0.655. The normalized spacial score (nSPS) is 15.9. The van der Waals surface area contributed by atoms with Crippen molar-refractivity contribution in [3.63, 3.8) is 0 Å². The molecule has 1 N–H and O–H groups in total. The summed E-state index contributed by atoms with van der Waals surface area (Å²) >= 11 is 6.09. The molecule has 0 saturated carbocycles. The van der Waals surface area contributed by atoms with Gasteiger partial charge in [0.25, 0.3) is 5.91 Å². The quantitative estimate of drug-likeness (QED) is 0.865. The van der Waals surface area contributed by atoms with Gasteiger partial charge in [0.15, 0.2) is 0 Å². The van der Waals surface area contributed by atoms with Crippen LogP contribution in [0.2, 0.25) is 5.02 Å². The first-order valence-electron chi connectivity index (χ1n) is 8.08. The van der Waals surface area contributed by atoms with E-state index in [1.165, 1.54) is 18.2 Å². The number of nitrogens with one attached hydrogen (secondary N) is 1. The number of hydrogen-bond donors (Lipinski definition) is 1. The van der Waals surface area contributed by atoms with Gasteiger partial charge in [0.2, 0.25) is 15.9 Å². The number of carbonyl (C=O) groups is 2. The van der Waals surface area contributed by atoms with Gasteiger partial charge in [-0.2, -0.15) is 0 Å². The van der Waals surface area contributed by atoms with E-state index in [1.54, 1.807) is 6.07 Å². The van der Waals surface area contributed by atoms with E-state index in [9.17, 15) is 18.0 Å². The predicted octanol–water partition coefficient (Wildman–Crippen LogP) is 3.22. The van der Waals surface area contributed by atoms with Gasteiger partial charge in [-0.1, -0.05) is 36.7 Å². The Kier molecular flexibility index (Phi) is 5.02. The summed E-state index contributed by atoms with van der Waals surface area (Å²) in [5.74, 6) is -1.23. The number of sulfonamides is 1. The molecule has 0 radical (unpaired) electrons. The number of rotatable bonds is 4. The highest BCUT2D eigenvalue weighted by Crippen LogP contribution is 2.33. The minimum atomic E-state index is -3.76. The molecule has 136 valence electrons. The highest BCUT2D eigenvalue weighted by Gasteiger charge is 2.37. The van der Waals surface area contributed by atoms with E-state index in [4.69, 9.17) is 11.6 Å². The Morgan fingerprint density at radius 1 is 1.23 bits per heavy atom. The fourth-order valence-electron chi connectivity index (χ4n) is 2.80. The van der Waals surface area contributed by atoms with Crippen LogP contribution in [-0.2, 0) is 21.2 Å². The van der Waals surface area contributed by atoms with E-state index in [0.717, 1.165) is 12.0 Å². The third-order valence-corrected chi connectivity index (χ3v) is 6.15. The van der Waals surface area contributed by atoms with Crippen molar-refractivity contribution >= 4 is 44.8 Å². The smallest absolute Gasteiger partial charge is 0.255 e. The molecule has 0 aliphatic carbocycles. The van der Waals surface area contributed by atoms with Crippen molar-refractivity contribution in [3.8, 4) is 0 Å². The molecule has 6 nitrogen and oxygen atoms in total. The lowest BCUT2D eigenvalue weighted by molar-refractivity contribution is -0.116. The van der Waals surface area contributed by atoms with Crippen LogP contribution in [0.15, 0.2) is 42.5 Å². The van der Waals surface area contributed by atoms with Gasteiger partial charge in [0, 0.05) is 17.7 Å². The molecule has 0 bridgehead atoms. The average molecular weight is 393 g/mol. The lowest BCUT2D eigenvalue weighted by Gasteiger charge is -2.17. The Morgan fingerprint density at radius 3 is 2.62 bits per heavy atom. The van der Waals surface area contributed by atoms with Gasteiger partial charge in [0.05, 0.1) is 16.5 Å². The molecule has 2 aromatic carbocycles. The minimum Gasteiger partial charge on any atom is -0.322 e. The fourth-order valence-corrected chi connectivity index (χ4v) is 4.52. The zero-order chi connectivity index (χ0) is 18.9. The number of benzene rings is 2. The van der Waals surface area contributed by atoms with Crippen molar-refractivity contribution in [3.05, 3.63) is 58.6 Å². The van der Waals surface area contributed by atoms with Crippen molar-refractivity contribution in [2.75, 3.05) is 15.4 Å². The van der Waals surface area contributed by atoms with Gasteiger partial charge in [-0.3, -0.25) is 9.59 Å². The first-order valence-corrected chi connectivity index (χ1v) is 10.1. The molecular formula is C18H17ClN2O4S. The maximum Gasteiger partial charge on any atom is 0.255 e. The molecule has 8 heteroatoms. The molecule has 1 aliphatic rings. The monoisotopic (exact) mass is 392 g/mol. The Hall–Kier alpha value is -2.38. The topological polar surface area (TPSA) is 83.6 Å². The second-order valence-corrected chi connectivity index (χ2v) is 8.20. The van der Waals surface area contributed by atoms with Crippen LogP contribution in [-0.4, -0.2) is 26.0 Å². The molecule has 0 spiro atoms. The third-order valence-electron chi connectivity index (χ3n) is 4.15. The molecule has 0 aromatic heterocycles. The summed E-state index contributed by atoms with van der Waals surface area (Å²) in [4.78, 5) is 24.6. The van der Waals surface area contributed by atoms with Crippen molar-refractivity contribution in [1.82, 2.24) is 0 Å². The maximum absolute atomic E-state index is 12.6. The minimum absolute atomic E-state index is 0.00518. The van der Waals surface area contributed by atoms with Gasteiger partial charge >= 0.3 is 0 Å². The SMILES string of the molecule is CCc1ccccc1NC(=O)c1ccc(Cl)c(N2C(=O)CCS2(=O)=O)c1. The Bertz CT molecular complexity index is 988. The molecular weight excluding hydrogens is 376 g/mol. The van der Waals surface area contributed by atoms with Crippen molar-refractivity contribution in [1.29, 1.82) is 0 Å². The summed E-state index contributed by atoms with van der Waals surface area (Å²) in [5.41, 5.74) is 1.88. The third kappa shape index (κ3) is 3.45. The summed E-state index contributed by atoms with van der Waals surface area (Å²) < 4.78 is 24.9. The van der Waals surface area contributed by atoms with Crippen LogP contribution >= 0.6 is 11.6 Å². The van der Waals surface area contributed by atoms with Crippen molar-refractivity contribution in [2.24, 2.45) is 0 Å². The van der Waals surface area contributed by atoms with Crippen molar-refractivity contribution < 1.29 is 18.0 Å². The van der Waals surface area contributed by atoms with Gasteiger partial charge in [-0.05, 0) is 36.2 Å². The predicted molar refractivity (Wildman–Crippen MR) is 101 cm³/mol. The number of hydrogen-bond acceptors (Lipinski definition) is 4. The number of aryl methyl sites for hydroxylation is 1. The van der Waals surface area contributed by atoms with E-state index < -0.39 is 21.8 Å². The molecule has 0 atom stereocenters. The van der Waals surface area contributed by atoms with Crippen LogP contribution in [0, 0.1) is 0 Å². The van der Waals surface area contributed by atoms with Gasteiger partial charge < -0.3 is 5.32 Å². The number of amides is 2. The molecule has 2 amide bonds. The number of nitrogens with zero attached hydrogens (tertiary/aromatic N) is 1. The summed E-state index contributed by atoms with van der Waals surface area (Å²) in [7, 11) is -3.76. The molecule has 3 rings (SSSR count). The second kappa shape index (κ2) is 7.09. The lowest BCUT2D eigenvalue weighted by atomic mass is 10.1. The highest BCUT2D eigenvalue weighted by molar-refractivity contribution is 7.94. The summed E-state index contributed by atoms with van der Waals surface area (Å²) in [5, 5.41) is 2.90. The van der Waals surface area contributed by atoms with E-state index in [-0.39, 0.29) is 28.4 Å². The van der Waals surface area contributed by atoms with Crippen LogP contribution in [0.1, 0.15) is 29.3 Å². The van der Waals surface area contributed by atoms with E-state index in [2.05, 4.69) is 5.32 Å². The molecule has 1 heterocycles. The largest absolute Gasteiger partial charge is 0.322 e. The molecule has 26 heavy (non-hydrogen) atoms. The first kappa shape index (κ1) is 18.4. The van der Waals surface area contributed by atoms with E-state index in [1.807, 2.05) is 25.1 Å². The number of para-hydroxylation sites is 1.